The lowest BCUT2D eigenvalue weighted by molar-refractivity contribution is 0.0946. The number of amides is 1. The van der Waals surface area contributed by atoms with E-state index in [2.05, 4.69) is 20.3 Å². The van der Waals surface area contributed by atoms with Gasteiger partial charge >= 0.3 is 0 Å². The number of hydrogen-bond acceptors (Lipinski definition) is 4. The molecule has 0 aliphatic carbocycles. The van der Waals surface area contributed by atoms with E-state index < -0.39 is 0 Å². The fraction of sp³-hybridized carbons (Fsp3) is 0.211. The number of methoxy groups -OCH3 is 1. The minimum absolute atomic E-state index is 0.0405. The summed E-state index contributed by atoms with van der Waals surface area (Å²) in [6, 6.07) is 9.59. The molecule has 0 saturated heterocycles. The van der Waals surface area contributed by atoms with Crippen LogP contribution in [0.15, 0.2) is 36.5 Å². The van der Waals surface area contributed by atoms with Crippen molar-refractivity contribution in [2.45, 2.75) is 13.3 Å². The Morgan fingerprint density at radius 2 is 2.08 bits per heavy atom. The van der Waals surface area contributed by atoms with Gasteiger partial charge in [-0.2, -0.15) is 0 Å². The summed E-state index contributed by atoms with van der Waals surface area (Å²) in [5.41, 5.74) is 5.18. The van der Waals surface area contributed by atoms with Crippen LogP contribution in [0.1, 0.15) is 21.6 Å². The molecule has 2 aromatic heterocycles. The summed E-state index contributed by atoms with van der Waals surface area (Å²) in [6.45, 7) is 2.65. The van der Waals surface area contributed by atoms with E-state index in [-0.39, 0.29) is 5.91 Å². The van der Waals surface area contributed by atoms with Crippen LogP contribution in [0.25, 0.3) is 22.8 Å². The molecular weight excluding hydrogens is 316 g/mol. The molecule has 3 heterocycles. The predicted molar refractivity (Wildman–Crippen MR) is 94.6 cm³/mol. The van der Waals surface area contributed by atoms with E-state index in [1.54, 1.807) is 13.3 Å². The molecule has 0 spiro atoms. The summed E-state index contributed by atoms with van der Waals surface area (Å²) in [6.07, 6.45) is 2.53. The van der Waals surface area contributed by atoms with Crippen molar-refractivity contribution in [3.05, 3.63) is 53.3 Å². The smallest absolute Gasteiger partial charge is 0.253 e. The molecule has 1 aliphatic rings. The number of nitrogens with one attached hydrogen (secondary N) is 2. The Bertz CT molecular complexity index is 962. The number of nitrogens with zero attached hydrogens (tertiary/aromatic N) is 2. The fourth-order valence-electron chi connectivity index (χ4n) is 3.04. The topological polar surface area (TPSA) is 79.9 Å². The van der Waals surface area contributed by atoms with Crippen molar-refractivity contribution in [1.29, 1.82) is 0 Å². The summed E-state index contributed by atoms with van der Waals surface area (Å²) in [5, 5.41) is 2.85. The number of fused-ring (bicyclic) bond motifs is 1. The number of carbonyl (C=O) groups is 1. The van der Waals surface area contributed by atoms with Gasteiger partial charge in [-0.25, -0.2) is 9.97 Å². The zero-order chi connectivity index (χ0) is 17.4. The van der Waals surface area contributed by atoms with Gasteiger partial charge in [-0.15, -0.1) is 0 Å². The number of H-pyrrole nitrogens is 1. The fourth-order valence-corrected chi connectivity index (χ4v) is 3.04. The highest BCUT2D eigenvalue weighted by molar-refractivity contribution is 5.97. The second kappa shape index (κ2) is 6.05. The SMILES string of the molecule is COc1cc(-c2nccc(-c3cc4c([nH]3)CCNC4=O)n2)ccc1C. The molecule has 126 valence electrons. The third-order valence-electron chi connectivity index (χ3n) is 4.40. The van der Waals surface area contributed by atoms with Crippen LogP contribution in [0.5, 0.6) is 5.75 Å². The maximum Gasteiger partial charge on any atom is 0.253 e. The van der Waals surface area contributed by atoms with E-state index in [1.165, 1.54) is 0 Å². The normalized spacial score (nSPS) is 13.3. The first-order valence-electron chi connectivity index (χ1n) is 8.14. The van der Waals surface area contributed by atoms with Gasteiger partial charge in [0.15, 0.2) is 5.82 Å². The van der Waals surface area contributed by atoms with Crippen molar-refractivity contribution in [3.8, 4) is 28.5 Å². The lowest BCUT2D eigenvalue weighted by Crippen LogP contribution is -2.31. The Morgan fingerprint density at radius 1 is 1.20 bits per heavy atom. The van der Waals surface area contributed by atoms with Crippen molar-refractivity contribution in [1.82, 2.24) is 20.3 Å². The third-order valence-corrected chi connectivity index (χ3v) is 4.40. The molecule has 25 heavy (non-hydrogen) atoms. The zero-order valence-corrected chi connectivity index (χ0v) is 14.1. The number of hydrogen-bond donors (Lipinski definition) is 2. The molecule has 0 atom stereocenters. The van der Waals surface area contributed by atoms with Crippen LogP contribution in [-0.4, -0.2) is 34.5 Å². The van der Waals surface area contributed by atoms with Gasteiger partial charge in [0.1, 0.15) is 5.75 Å². The quantitative estimate of drug-likeness (QED) is 0.772. The minimum atomic E-state index is -0.0405. The maximum atomic E-state index is 11.9. The monoisotopic (exact) mass is 334 g/mol. The first-order chi connectivity index (χ1) is 12.2. The van der Waals surface area contributed by atoms with Crippen molar-refractivity contribution >= 4 is 5.91 Å². The molecule has 0 saturated carbocycles. The van der Waals surface area contributed by atoms with E-state index in [9.17, 15) is 4.79 Å². The van der Waals surface area contributed by atoms with E-state index >= 15 is 0 Å². The first kappa shape index (κ1) is 15.4. The van der Waals surface area contributed by atoms with Crippen molar-refractivity contribution < 1.29 is 9.53 Å². The summed E-state index contributed by atoms with van der Waals surface area (Å²) in [5.74, 6) is 1.38. The van der Waals surface area contributed by atoms with Gasteiger partial charge in [-0.05, 0) is 30.7 Å². The highest BCUT2D eigenvalue weighted by Crippen LogP contribution is 2.27. The van der Waals surface area contributed by atoms with Crippen LogP contribution in [0, 0.1) is 6.92 Å². The second-order valence-electron chi connectivity index (χ2n) is 6.03. The highest BCUT2D eigenvalue weighted by atomic mass is 16.5. The number of ether oxygens (including phenoxy) is 1. The van der Waals surface area contributed by atoms with Gasteiger partial charge in [0.2, 0.25) is 0 Å². The van der Waals surface area contributed by atoms with Gasteiger partial charge in [0, 0.05) is 30.4 Å². The number of carbonyl (C=O) groups excluding carboxylic acids is 1. The summed E-state index contributed by atoms with van der Waals surface area (Å²) < 4.78 is 5.38. The molecule has 6 heteroatoms. The third kappa shape index (κ3) is 2.76. The first-order valence-corrected chi connectivity index (χ1v) is 8.14. The van der Waals surface area contributed by atoms with Gasteiger partial charge in [0.25, 0.3) is 5.91 Å². The Kier molecular flexibility index (Phi) is 3.72. The number of aromatic amines is 1. The van der Waals surface area contributed by atoms with E-state index in [4.69, 9.17) is 4.74 Å². The minimum Gasteiger partial charge on any atom is -0.496 e. The Labute approximate surface area is 145 Å². The summed E-state index contributed by atoms with van der Waals surface area (Å²) >= 11 is 0. The van der Waals surface area contributed by atoms with Gasteiger partial charge in [-0.1, -0.05) is 12.1 Å². The van der Waals surface area contributed by atoms with Crippen LogP contribution in [-0.2, 0) is 6.42 Å². The van der Waals surface area contributed by atoms with Gasteiger partial charge in [-0.3, -0.25) is 4.79 Å². The van der Waals surface area contributed by atoms with Crippen LogP contribution >= 0.6 is 0 Å². The van der Waals surface area contributed by atoms with E-state index in [0.717, 1.165) is 40.4 Å². The predicted octanol–water partition coefficient (Wildman–Crippen LogP) is 2.74. The zero-order valence-electron chi connectivity index (χ0n) is 14.1. The molecule has 1 amide bonds. The van der Waals surface area contributed by atoms with E-state index in [0.29, 0.717) is 17.9 Å². The molecule has 2 N–H and O–H groups in total. The Morgan fingerprint density at radius 3 is 2.88 bits per heavy atom. The molecule has 1 aliphatic heterocycles. The average Bonchev–Trinajstić information content (AvgIpc) is 3.08. The van der Waals surface area contributed by atoms with Gasteiger partial charge < -0.3 is 15.0 Å². The summed E-state index contributed by atoms with van der Waals surface area (Å²) in [4.78, 5) is 24.3. The van der Waals surface area contributed by atoms with Gasteiger partial charge in [0.05, 0.1) is 24.1 Å². The number of aryl methyl sites for hydroxylation is 1. The highest BCUT2D eigenvalue weighted by Gasteiger charge is 2.20. The molecule has 0 fully saturated rings. The Balaban J connectivity index is 1.74. The van der Waals surface area contributed by atoms with Crippen LogP contribution in [0.3, 0.4) is 0 Å². The molecular formula is C19H18N4O2. The molecule has 4 rings (SSSR count). The molecule has 0 unspecified atom stereocenters. The van der Waals surface area contributed by atoms with Crippen molar-refractivity contribution in [2.75, 3.05) is 13.7 Å². The van der Waals surface area contributed by atoms with Crippen LogP contribution < -0.4 is 10.1 Å². The van der Waals surface area contributed by atoms with Crippen LogP contribution in [0.4, 0.5) is 0 Å². The van der Waals surface area contributed by atoms with Crippen molar-refractivity contribution in [3.63, 3.8) is 0 Å². The lowest BCUT2D eigenvalue weighted by atomic mass is 10.1. The molecule has 0 bridgehead atoms. The molecule has 6 nitrogen and oxygen atoms in total. The Hall–Kier alpha value is -3.15. The number of rotatable bonds is 3. The van der Waals surface area contributed by atoms with E-state index in [1.807, 2.05) is 37.3 Å². The molecule has 3 aromatic rings. The summed E-state index contributed by atoms with van der Waals surface area (Å²) in [7, 11) is 1.65. The lowest BCUT2D eigenvalue weighted by Gasteiger charge is -2.10. The van der Waals surface area contributed by atoms with Crippen molar-refractivity contribution in [2.24, 2.45) is 0 Å². The maximum absolute atomic E-state index is 11.9. The average molecular weight is 334 g/mol. The number of aromatic nitrogens is 3. The largest absolute Gasteiger partial charge is 0.496 e. The molecule has 1 aromatic carbocycles. The van der Waals surface area contributed by atoms with Crippen LogP contribution in [0.2, 0.25) is 0 Å². The second-order valence-corrected chi connectivity index (χ2v) is 6.03. The molecule has 0 radical (unpaired) electrons. The number of benzene rings is 1. The standard InChI is InChI=1S/C19H18N4O2/c1-11-3-4-12(9-17(11)25-2)18-20-7-6-15(23-18)16-10-13-14(22-16)5-8-21-19(13)24/h3-4,6-7,9-10,22H,5,8H2,1-2H3,(H,21,24).